The molecule has 2 aliphatic rings. The number of carbonyl (C=O) groups is 7. The molecule has 2 aromatic rings. The summed E-state index contributed by atoms with van der Waals surface area (Å²) in [6.07, 6.45) is -3.47. The monoisotopic (exact) mass is 868 g/mol. The van der Waals surface area contributed by atoms with Crippen LogP contribution in [0.15, 0.2) is 63.8 Å². The average Bonchev–Trinajstić information content (AvgIpc) is 3.19. The number of nitrogens with one attached hydrogen (secondary N) is 6. The maximum atomic E-state index is 12.5. The van der Waals surface area contributed by atoms with Gasteiger partial charge in [0.25, 0.3) is 0 Å². The molecule has 23 heteroatoms. The fourth-order valence-electron chi connectivity index (χ4n) is 5.89. The van der Waals surface area contributed by atoms with Crippen molar-refractivity contribution < 1.29 is 73.7 Å². The Balaban J connectivity index is 1.27. The maximum absolute atomic E-state index is 12.5. The molecular formula is C38H40N6O16S. The van der Waals surface area contributed by atoms with Crippen molar-refractivity contribution in [2.75, 3.05) is 18.4 Å². The van der Waals surface area contributed by atoms with Gasteiger partial charge in [-0.05, 0) is 67.0 Å². The molecule has 61 heavy (non-hydrogen) atoms. The van der Waals surface area contributed by atoms with Crippen LogP contribution in [-0.4, -0.2) is 109 Å². The van der Waals surface area contributed by atoms with Crippen molar-refractivity contribution in [1.29, 1.82) is 0 Å². The zero-order chi connectivity index (χ0) is 44.8. The summed E-state index contributed by atoms with van der Waals surface area (Å²) in [7, 11) is 0. The summed E-state index contributed by atoms with van der Waals surface area (Å²) >= 11 is 5.29. The predicted molar refractivity (Wildman–Crippen MR) is 216 cm³/mol. The first-order chi connectivity index (χ1) is 28.9. The van der Waals surface area contributed by atoms with Crippen LogP contribution in [0, 0.1) is 0 Å². The predicted octanol–water partition coefficient (Wildman–Crippen LogP) is 1.93. The van der Waals surface area contributed by atoms with Crippen LogP contribution in [0.1, 0.15) is 48.9 Å². The zero-order valence-electron chi connectivity index (χ0n) is 31.8. The van der Waals surface area contributed by atoms with Crippen molar-refractivity contribution in [3.05, 3.63) is 70.4 Å². The Morgan fingerprint density at radius 1 is 0.721 bits per heavy atom. The van der Waals surface area contributed by atoms with Gasteiger partial charge < -0.3 is 61.9 Å². The Hall–Kier alpha value is -7.37. The minimum atomic E-state index is -1.54. The van der Waals surface area contributed by atoms with Crippen molar-refractivity contribution >= 4 is 75.7 Å². The lowest BCUT2D eigenvalue weighted by atomic mass is 9.90. The van der Waals surface area contributed by atoms with Crippen LogP contribution >= 0.6 is 12.2 Å². The zero-order valence-corrected chi connectivity index (χ0v) is 32.6. The van der Waals surface area contributed by atoms with Crippen molar-refractivity contribution in [3.63, 3.8) is 0 Å². The molecule has 0 saturated heterocycles. The molecule has 1 heterocycles. The van der Waals surface area contributed by atoms with Crippen molar-refractivity contribution in [2.45, 2.75) is 56.8 Å². The van der Waals surface area contributed by atoms with E-state index in [1.165, 1.54) is 48.5 Å². The Labute approximate surface area is 349 Å². The number of rotatable bonds is 21. The molecule has 0 saturated carbocycles. The number of aliphatic carboxylic acids is 3. The average molecular weight is 869 g/mol. The number of urea groups is 1. The van der Waals surface area contributed by atoms with Gasteiger partial charge in [-0.1, -0.05) is 6.07 Å². The summed E-state index contributed by atoms with van der Waals surface area (Å²) in [6, 6.07) is 8.60. The minimum absolute atomic E-state index is 0.0784. The van der Waals surface area contributed by atoms with Crippen molar-refractivity contribution in [1.82, 2.24) is 26.6 Å². The van der Waals surface area contributed by atoms with E-state index in [0.717, 1.165) is 0 Å². The highest BCUT2D eigenvalue weighted by Gasteiger charge is 2.25. The molecule has 22 nitrogen and oxygen atoms in total. The van der Waals surface area contributed by atoms with E-state index in [0.29, 0.717) is 16.5 Å². The number of carboxylic acids is 4. The molecule has 2 aromatic carbocycles. The number of phenols is 1. The number of aromatic carboxylic acids is 1. The summed E-state index contributed by atoms with van der Waals surface area (Å²) in [4.78, 5) is 99.6. The molecule has 1 aliphatic carbocycles. The third-order valence-electron chi connectivity index (χ3n) is 8.79. The second-order valence-electron chi connectivity index (χ2n) is 13.2. The van der Waals surface area contributed by atoms with E-state index >= 15 is 0 Å². The standard InChI is InChI=1S/C38H40N6O16S/c45-19-2-5-22-27(16-19)59-28-17-20(46)3-6-23(28)33(22)21-4-1-18(15-24(21)34(51)52)41-38(61)43-26(36(55)56)8-10-30(48)40-14-13-39-29(47)9-7-25(35(53)54)42-37(57)44-31(60-58)11-12-32(49)50/h1-6,15-17,25-26,31,45,58H,7-14H2,(H,39,47)(H,40,48)(H,49,50)(H,51,52)(H,53,54)(H,55,56)(H2,41,43,61)(H2,42,44,57)/t25-,26-,31+/m0/s1. The highest BCUT2D eigenvalue weighted by Crippen LogP contribution is 2.42. The van der Waals surface area contributed by atoms with Crippen LogP contribution in [0.4, 0.5) is 10.5 Å². The van der Waals surface area contributed by atoms with Gasteiger partial charge in [-0.15, -0.1) is 0 Å². The number of amides is 4. The number of carboxylic acid groups (broad SMARTS) is 4. The van der Waals surface area contributed by atoms with E-state index in [-0.39, 0.29) is 89.6 Å². The summed E-state index contributed by atoms with van der Waals surface area (Å²) in [5.74, 6) is -6.54. The lowest BCUT2D eigenvalue weighted by Crippen LogP contribution is -2.50. The van der Waals surface area contributed by atoms with Crippen LogP contribution in [0.25, 0.3) is 33.4 Å². The topological polar surface area (TPSA) is 352 Å². The van der Waals surface area contributed by atoms with Gasteiger partial charge in [0.2, 0.25) is 11.8 Å². The quantitative estimate of drug-likeness (QED) is 0.0142. The molecule has 324 valence electrons. The number of benzene rings is 3. The van der Waals surface area contributed by atoms with E-state index in [1.807, 2.05) is 5.32 Å². The first-order valence-electron chi connectivity index (χ1n) is 18.2. The molecular weight excluding hydrogens is 829 g/mol. The number of thiocarbonyl (C=S) groups is 1. The molecule has 0 fully saturated rings. The van der Waals surface area contributed by atoms with Gasteiger partial charge in [-0.2, -0.15) is 0 Å². The fraction of sp³-hybridized carbons (Fsp3) is 0.289. The summed E-state index contributed by atoms with van der Waals surface area (Å²) in [5, 5.41) is 71.6. The largest absolute Gasteiger partial charge is 0.508 e. The van der Waals surface area contributed by atoms with Crippen LogP contribution in [0.3, 0.4) is 0 Å². The number of anilines is 1. The first-order valence-corrected chi connectivity index (χ1v) is 18.6. The minimum Gasteiger partial charge on any atom is -0.508 e. The van der Waals surface area contributed by atoms with Crippen LogP contribution < -0.4 is 37.3 Å². The van der Waals surface area contributed by atoms with Crippen LogP contribution in [0.2, 0.25) is 0 Å². The molecule has 0 unspecified atom stereocenters. The van der Waals surface area contributed by atoms with E-state index in [1.54, 1.807) is 6.07 Å². The molecule has 0 radical (unpaired) electrons. The highest BCUT2D eigenvalue weighted by molar-refractivity contribution is 7.80. The first kappa shape index (κ1) is 46.3. The van der Waals surface area contributed by atoms with E-state index in [4.69, 9.17) is 27.0 Å². The van der Waals surface area contributed by atoms with Gasteiger partial charge in [-0.25, -0.2) is 29.3 Å². The Kier molecular flexibility index (Phi) is 16.4. The number of fused-ring (bicyclic) bond motifs is 2. The number of hydrogen-bond acceptors (Lipinski definition) is 13. The number of phenolic OH excluding ortho intramolecular Hbond substituents is 1. The molecule has 0 bridgehead atoms. The van der Waals surface area contributed by atoms with Gasteiger partial charge in [-0.3, -0.25) is 19.2 Å². The summed E-state index contributed by atoms with van der Waals surface area (Å²) < 4.78 is 5.84. The highest BCUT2D eigenvalue weighted by atomic mass is 32.1. The van der Waals surface area contributed by atoms with Crippen molar-refractivity contribution in [2.24, 2.45) is 0 Å². The Morgan fingerprint density at radius 3 is 1.93 bits per heavy atom. The van der Waals surface area contributed by atoms with Gasteiger partial charge in [0.1, 0.15) is 29.2 Å². The molecule has 3 atom stereocenters. The molecule has 0 aromatic heterocycles. The smallest absolute Gasteiger partial charge is 0.336 e. The Bertz CT molecular complexity index is 2350. The number of hydrogen-bond donors (Lipinski definition) is 12. The maximum Gasteiger partial charge on any atom is 0.336 e. The van der Waals surface area contributed by atoms with Crippen LogP contribution in [-0.2, 0) is 28.9 Å². The van der Waals surface area contributed by atoms with E-state index < -0.39 is 66.5 Å². The lowest BCUT2D eigenvalue weighted by Gasteiger charge is -2.19. The molecule has 1 aliphatic heterocycles. The third kappa shape index (κ3) is 13.6. The fourth-order valence-corrected chi connectivity index (χ4v) is 6.15. The number of carbonyl (C=O) groups excluding carboxylic acids is 3. The second kappa shape index (κ2) is 21.6. The molecule has 4 amide bonds. The lowest BCUT2D eigenvalue weighted by molar-refractivity contribution is -0.284. The van der Waals surface area contributed by atoms with Crippen LogP contribution in [0.5, 0.6) is 5.75 Å². The molecule has 0 spiro atoms. The Morgan fingerprint density at radius 2 is 1.34 bits per heavy atom. The molecule has 12 N–H and O–H groups in total. The summed E-state index contributed by atoms with van der Waals surface area (Å²) in [5.41, 5.74) is 0.916. The van der Waals surface area contributed by atoms with Gasteiger partial charge >= 0.3 is 29.9 Å². The summed E-state index contributed by atoms with van der Waals surface area (Å²) in [6.45, 7) is -0.164. The van der Waals surface area contributed by atoms with E-state index in [2.05, 4.69) is 31.5 Å². The van der Waals surface area contributed by atoms with Crippen molar-refractivity contribution in [3.8, 4) is 28.2 Å². The second-order valence-corrected chi connectivity index (χ2v) is 13.6. The molecule has 4 rings (SSSR count). The van der Waals surface area contributed by atoms with Gasteiger partial charge in [0.15, 0.2) is 16.8 Å². The van der Waals surface area contributed by atoms with E-state index in [9.17, 15) is 58.8 Å². The third-order valence-corrected chi connectivity index (χ3v) is 9.01. The SMILES string of the molecule is O=C(O)CC[C@H](NC(=O)N[C@@H](CCC(=O)NCCNC(=O)CC[C@H](NC(=S)Nc1ccc(-c2c3ccc(=O)cc-3oc3cc(O)ccc23)c(C(=O)O)c1)C(=O)O)C(=O)O)OO. The van der Waals surface area contributed by atoms with Gasteiger partial charge in [0.05, 0.1) is 5.56 Å². The van der Waals surface area contributed by atoms with Gasteiger partial charge in [0, 0.05) is 73.1 Å². The normalized spacial score (nSPS) is 12.3. The number of aromatic hydroxyl groups is 1.